The summed E-state index contributed by atoms with van der Waals surface area (Å²) < 4.78 is 0. The molecule has 1 saturated heterocycles. The van der Waals surface area contributed by atoms with E-state index < -0.39 is 0 Å². The van der Waals surface area contributed by atoms with Crippen molar-refractivity contribution in [1.29, 1.82) is 0 Å². The monoisotopic (exact) mass is 304 g/mol. The molecule has 4 heteroatoms. The fourth-order valence-corrected chi connectivity index (χ4v) is 4.49. The molecule has 1 heterocycles. The molecule has 1 amide bonds. The molecule has 1 atom stereocenters. The molecule has 3 nitrogen and oxygen atoms in total. The number of carbonyl (C=O) groups excluding carboxylic acids is 1. The van der Waals surface area contributed by atoms with Gasteiger partial charge in [0.1, 0.15) is 0 Å². The van der Waals surface area contributed by atoms with Crippen LogP contribution in [-0.2, 0) is 4.79 Å². The maximum absolute atomic E-state index is 12.4. The van der Waals surface area contributed by atoms with Crippen molar-refractivity contribution in [3.8, 4) is 0 Å². The lowest BCUT2D eigenvalue weighted by molar-refractivity contribution is -0.118. The Kier molecular flexibility index (Phi) is 5.20. The number of benzene rings is 1. The molecule has 114 valence electrons. The SMILES string of the molecule is O=C(Nc1ccccc1SC1CCCC1)[C@@H]1CCCCN1. The molecular weight excluding hydrogens is 280 g/mol. The fraction of sp³-hybridized carbons (Fsp3) is 0.588. The van der Waals surface area contributed by atoms with Gasteiger partial charge in [-0.1, -0.05) is 31.4 Å². The number of thioether (sulfide) groups is 1. The van der Waals surface area contributed by atoms with Crippen LogP contribution in [0.5, 0.6) is 0 Å². The van der Waals surface area contributed by atoms with Crippen molar-refractivity contribution in [3.63, 3.8) is 0 Å². The van der Waals surface area contributed by atoms with Gasteiger partial charge in [0.05, 0.1) is 11.7 Å². The predicted molar refractivity (Wildman–Crippen MR) is 88.8 cm³/mol. The lowest BCUT2D eigenvalue weighted by atomic mass is 10.0. The highest BCUT2D eigenvalue weighted by molar-refractivity contribution is 8.00. The van der Waals surface area contributed by atoms with Gasteiger partial charge in [0, 0.05) is 10.1 Å². The molecule has 1 aromatic carbocycles. The number of rotatable bonds is 4. The minimum atomic E-state index is -0.0247. The van der Waals surface area contributed by atoms with E-state index in [1.54, 1.807) is 0 Å². The Morgan fingerprint density at radius 1 is 1.10 bits per heavy atom. The zero-order valence-corrected chi connectivity index (χ0v) is 13.3. The summed E-state index contributed by atoms with van der Waals surface area (Å²) in [5.41, 5.74) is 0.978. The largest absolute Gasteiger partial charge is 0.324 e. The van der Waals surface area contributed by atoms with Crippen LogP contribution in [0.1, 0.15) is 44.9 Å². The molecule has 1 aromatic rings. The summed E-state index contributed by atoms with van der Waals surface area (Å²) in [6, 6.07) is 8.20. The Labute approximate surface area is 131 Å². The van der Waals surface area contributed by atoms with E-state index in [1.807, 2.05) is 23.9 Å². The second-order valence-electron chi connectivity index (χ2n) is 6.01. The Balaban J connectivity index is 1.65. The third-order valence-electron chi connectivity index (χ3n) is 4.37. The van der Waals surface area contributed by atoms with Crippen molar-refractivity contribution in [1.82, 2.24) is 5.32 Å². The highest BCUT2D eigenvalue weighted by Gasteiger charge is 2.22. The maximum atomic E-state index is 12.4. The summed E-state index contributed by atoms with van der Waals surface area (Å²) in [5, 5.41) is 7.16. The second-order valence-corrected chi connectivity index (χ2v) is 7.35. The molecule has 0 spiro atoms. The molecule has 2 fully saturated rings. The first-order valence-corrected chi connectivity index (χ1v) is 9.01. The molecule has 1 aliphatic heterocycles. The summed E-state index contributed by atoms with van der Waals surface area (Å²) in [7, 11) is 0. The van der Waals surface area contributed by atoms with E-state index in [2.05, 4.69) is 22.8 Å². The van der Waals surface area contributed by atoms with Gasteiger partial charge in [-0.05, 0) is 44.4 Å². The van der Waals surface area contributed by atoms with Crippen molar-refractivity contribution in [2.24, 2.45) is 0 Å². The number of carbonyl (C=O) groups is 1. The van der Waals surface area contributed by atoms with Crippen molar-refractivity contribution in [3.05, 3.63) is 24.3 Å². The van der Waals surface area contributed by atoms with Gasteiger partial charge in [-0.15, -0.1) is 11.8 Å². The van der Waals surface area contributed by atoms with Crippen LogP contribution in [-0.4, -0.2) is 23.7 Å². The number of amides is 1. The van der Waals surface area contributed by atoms with E-state index in [-0.39, 0.29) is 11.9 Å². The Hall–Kier alpha value is -1.00. The highest BCUT2D eigenvalue weighted by Crippen LogP contribution is 2.38. The number of hydrogen-bond donors (Lipinski definition) is 2. The van der Waals surface area contributed by atoms with E-state index in [9.17, 15) is 4.79 Å². The Morgan fingerprint density at radius 2 is 1.86 bits per heavy atom. The first-order valence-electron chi connectivity index (χ1n) is 8.13. The van der Waals surface area contributed by atoms with Gasteiger partial charge < -0.3 is 10.6 Å². The Morgan fingerprint density at radius 3 is 2.62 bits per heavy atom. The van der Waals surface area contributed by atoms with Crippen LogP contribution < -0.4 is 10.6 Å². The van der Waals surface area contributed by atoms with Gasteiger partial charge in [0.2, 0.25) is 5.91 Å². The number of para-hydroxylation sites is 1. The van der Waals surface area contributed by atoms with Gasteiger partial charge in [-0.2, -0.15) is 0 Å². The van der Waals surface area contributed by atoms with Gasteiger partial charge in [-0.25, -0.2) is 0 Å². The van der Waals surface area contributed by atoms with Crippen LogP contribution in [0, 0.1) is 0 Å². The van der Waals surface area contributed by atoms with Gasteiger partial charge >= 0.3 is 0 Å². The van der Waals surface area contributed by atoms with E-state index in [0.29, 0.717) is 0 Å². The number of hydrogen-bond acceptors (Lipinski definition) is 3. The van der Waals surface area contributed by atoms with Crippen LogP contribution >= 0.6 is 11.8 Å². The molecular formula is C17H24N2OS. The van der Waals surface area contributed by atoms with Gasteiger partial charge in [0.15, 0.2) is 0 Å². The lowest BCUT2D eigenvalue weighted by Crippen LogP contribution is -2.43. The van der Waals surface area contributed by atoms with Gasteiger partial charge in [0.25, 0.3) is 0 Å². The predicted octanol–water partition coefficient (Wildman–Crippen LogP) is 3.80. The van der Waals surface area contributed by atoms with Gasteiger partial charge in [-0.3, -0.25) is 4.79 Å². The third-order valence-corrected chi connectivity index (χ3v) is 5.78. The molecule has 21 heavy (non-hydrogen) atoms. The molecule has 2 aliphatic rings. The molecule has 3 rings (SSSR count). The molecule has 1 saturated carbocycles. The van der Waals surface area contributed by atoms with Crippen molar-refractivity contribution in [2.75, 3.05) is 11.9 Å². The lowest BCUT2D eigenvalue weighted by Gasteiger charge is -2.23. The first-order chi connectivity index (χ1) is 10.3. The summed E-state index contributed by atoms with van der Waals surface area (Å²) in [4.78, 5) is 13.6. The van der Waals surface area contributed by atoms with E-state index in [0.717, 1.165) is 30.3 Å². The highest BCUT2D eigenvalue weighted by atomic mass is 32.2. The number of piperidine rings is 1. The smallest absolute Gasteiger partial charge is 0.241 e. The first kappa shape index (κ1) is 14.9. The van der Waals surface area contributed by atoms with Crippen molar-refractivity contribution >= 4 is 23.4 Å². The summed E-state index contributed by atoms with van der Waals surface area (Å²) in [6.07, 6.45) is 8.57. The third kappa shape index (κ3) is 4.01. The average Bonchev–Trinajstić information content (AvgIpc) is 3.03. The number of anilines is 1. The molecule has 2 N–H and O–H groups in total. The summed E-state index contributed by atoms with van der Waals surface area (Å²) >= 11 is 1.93. The standard InChI is InChI=1S/C17H24N2OS/c20-17(15-10-5-6-12-18-15)19-14-9-3-4-11-16(14)21-13-7-1-2-8-13/h3-4,9,11,13,15,18H,1-2,5-8,10,12H2,(H,19,20)/t15-/m0/s1. The van der Waals surface area contributed by atoms with Crippen molar-refractivity contribution < 1.29 is 4.79 Å². The number of nitrogens with one attached hydrogen (secondary N) is 2. The summed E-state index contributed by atoms with van der Waals surface area (Å²) in [6.45, 7) is 0.955. The minimum absolute atomic E-state index is 0.0247. The molecule has 1 aliphatic carbocycles. The second kappa shape index (κ2) is 7.32. The van der Waals surface area contributed by atoms with Crippen LogP contribution in [0.4, 0.5) is 5.69 Å². The maximum Gasteiger partial charge on any atom is 0.241 e. The molecule has 0 bridgehead atoms. The van der Waals surface area contributed by atoms with E-state index >= 15 is 0 Å². The van der Waals surface area contributed by atoms with Crippen LogP contribution in [0.3, 0.4) is 0 Å². The quantitative estimate of drug-likeness (QED) is 0.889. The minimum Gasteiger partial charge on any atom is -0.324 e. The van der Waals surface area contributed by atoms with Crippen molar-refractivity contribution in [2.45, 2.75) is 61.1 Å². The molecule has 0 radical (unpaired) electrons. The average molecular weight is 304 g/mol. The fourth-order valence-electron chi connectivity index (χ4n) is 3.15. The van der Waals surface area contributed by atoms with Crippen LogP contribution in [0.25, 0.3) is 0 Å². The van der Waals surface area contributed by atoms with E-state index in [4.69, 9.17) is 0 Å². The zero-order chi connectivity index (χ0) is 14.5. The molecule has 0 aromatic heterocycles. The van der Waals surface area contributed by atoms with Crippen LogP contribution in [0.15, 0.2) is 29.2 Å². The van der Waals surface area contributed by atoms with E-state index in [1.165, 1.54) is 37.0 Å². The normalized spacial score (nSPS) is 23.1. The Bertz CT molecular complexity index is 479. The topological polar surface area (TPSA) is 41.1 Å². The zero-order valence-electron chi connectivity index (χ0n) is 12.4. The summed E-state index contributed by atoms with van der Waals surface area (Å²) in [5.74, 6) is 0.120. The molecule has 0 unspecified atom stereocenters. The van der Waals surface area contributed by atoms with Crippen LogP contribution in [0.2, 0.25) is 0 Å².